The summed E-state index contributed by atoms with van der Waals surface area (Å²) >= 11 is 0. The maximum atomic E-state index is 13.0. The van der Waals surface area contributed by atoms with Crippen LogP contribution in [0.15, 0.2) is 77.7 Å². The molecule has 1 N–H and O–H groups in total. The minimum Gasteiger partial charge on any atom is -0.488 e. The molecule has 1 aliphatic heterocycles. The molecular formula is C25H26N2O4S. The Hall–Kier alpha value is -3.16. The highest BCUT2D eigenvalue weighted by Gasteiger charge is 2.27. The fourth-order valence-electron chi connectivity index (χ4n) is 3.75. The quantitative estimate of drug-likeness (QED) is 0.570. The number of aryl methyl sites for hydroxylation is 1. The summed E-state index contributed by atoms with van der Waals surface area (Å²) in [5.41, 5.74) is 2.96. The van der Waals surface area contributed by atoms with Gasteiger partial charge in [-0.15, -0.1) is 0 Å². The van der Waals surface area contributed by atoms with Gasteiger partial charge in [0.25, 0.3) is 5.91 Å². The number of sulfonamides is 1. The molecule has 1 amide bonds. The summed E-state index contributed by atoms with van der Waals surface area (Å²) in [4.78, 5) is 13.1. The van der Waals surface area contributed by atoms with E-state index in [9.17, 15) is 13.2 Å². The summed E-state index contributed by atoms with van der Waals surface area (Å²) in [6, 6.07) is 21.4. The topological polar surface area (TPSA) is 75.7 Å². The van der Waals surface area contributed by atoms with E-state index >= 15 is 0 Å². The van der Waals surface area contributed by atoms with Crippen LogP contribution >= 0.6 is 0 Å². The van der Waals surface area contributed by atoms with Gasteiger partial charge in [-0.25, -0.2) is 8.42 Å². The molecule has 3 aromatic carbocycles. The number of hydrogen-bond acceptors (Lipinski definition) is 4. The lowest BCUT2D eigenvalue weighted by Gasteiger charge is -2.16. The van der Waals surface area contributed by atoms with Gasteiger partial charge >= 0.3 is 0 Å². The minimum atomic E-state index is -3.56. The number of benzene rings is 3. The van der Waals surface area contributed by atoms with Crippen molar-refractivity contribution in [1.82, 2.24) is 4.31 Å². The van der Waals surface area contributed by atoms with Crippen molar-refractivity contribution >= 4 is 21.6 Å². The van der Waals surface area contributed by atoms with E-state index in [4.69, 9.17) is 4.74 Å². The van der Waals surface area contributed by atoms with E-state index in [0.717, 1.165) is 24.0 Å². The van der Waals surface area contributed by atoms with Gasteiger partial charge in [0, 0.05) is 18.8 Å². The van der Waals surface area contributed by atoms with Crippen LogP contribution in [0.1, 0.15) is 34.3 Å². The highest BCUT2D eigenvalue weighted by Crippen LogP contribution is 2.25. The maximum Gasteiger partial charge on any atom is 0.259 e. The number of nitrogens with zero attached hydrogens (tertiary/aromatic N) is 1. The van der Waals surface area contributed by atoms with Crippen LogP contribution in [0.2, 0.25) is 0 Å². The molecule has 0 saturated carbocycles. The Morgan fingerprint density at radius 2 is 1.72 bits per heavy atom. The molecule has 0 unspecified atom stereocenters. The summed E-state index contributed by atoms with van der Waals surface area (Å²) in [7, 11) is -3.56. The van der Waals surface area contributed by atoms with Crippen molar-refractivity contribution in [3.8, 4) is 5.75 Å². The number of para-hydroxylation sites is 1. The summed E-state index contributed by atoms with van der Waals surface area (Å²) in [5.74, 6) is 0.105. The van der Waals surface area contributed by atoms with Gasteiger partial charge in [0.15, 0.2) is 0 Å². The Bertz CT molecular complexity index is 1220. The average Bonchev–Trinajstić information content (AvgIpc) is 3.34. The highest BCUT2D eigenvalue weighted by atomic mass is 32.2. The second-order valence-electron chi connectivity index (χ2n) is 7.87. The standard InChI is InChI=1S/C25H26N2O4S/c1-19-8-6-9-20(16-19)18-31-24-13-3-2-12-23(24)25(28)26-21-10-7-11-22(17-21)32(29,30)27-14-4-5-15-27/h2-3,6-13,16-17H,4-5,14-15,18H2,1H3,(H,26,28). The molecule has 0 spiro atoms. The monoisotopic (exact) mass is 450 g/mol. The largest absolute Gasteiger partial charge is 0.488 e. The van der Waals surface area contributed by atoms with Crippen LogP contribution in [-0.2, 0) is 16.6 Å². The van der Waals surface area contributed by atoms with Crippen molar-refractivity contribution in [2.45, 2.75) is 31.3 Å². The third-order valence-electron chi connectivity index (χ3n) is 5.40. The van der Waals surface area contributed by atoms with Gasteiger partial charge in [-0.05, 0) is 55.7 Å². The summed E-state index contributed by atoms with van der Waals surface area (Å²) in [6.07, 6.45) is 1.74. The number of hydrogen-bond donors (Lipinski definition) is 1. The molecule has 32 heavy (non-hydrogen) atoms. The first-order valence-electron chi connectivity index (χ1n) is 10.6. The predicted molar refractivity (Wildman–Crippen MR) is 124 cm³/mol. The second-order valence-corrected chi connectivity index (χ2v) is 9.80. The molecule has 1 aliphatic rings. The van der Waals surface area contributed by atoms with Crippen LogP contribution in [0.5, 0.6) is 5.75 Å². The smallest absolute Gasteiger partial charge is 0.259 e. The molecule has 7 heteroatoms. The van der Waals surface area contributed by atoms with Gasteiger partial charge in [0.1, 0.15) is 12.4 Å². The van der Waals surface area contributed by atoms with E-state index in [2.05, 4.69) is 5.32 Å². The van der Waals surface area contributed by atoms with Crippen LogP contribution in [0.25, 0.3) is 0 Å². The van der Waals surface area contributed by atoms with Crippen molar-refractivity contribution < 1.29 is 17.9 Å². The molecule has 0 radical (unpaired) electrons. The Morgan fingerprint density at radius 1 is 0.969 bits per heavy atom. The molecule has 1 fully saturated rings. The van der Waals surface area contributed by atoms with E-state index in [1.165, 1.54) is 10.4 Å². The molecule has 0 bridgehead atoms. The first-order valence-corrected chi connectivity index (χ1v) is 12.1. The molecule has 3 aromatic rings. The molecule has 1 saturated heterocycles. The highest BCUT2D eigenvalue weighted by molar-refractivity contribution is 7.89. The van der Waals surface area contributed by atoms with Gasteiger partial charge in [-0.1, -0.05) is 48.0 Å². The lowest BCUT2D eigenvalue weighted by Crippen LogP contribution is -2.27. The van der Waals surface area contributed by atoms with Gasteiger partial charge < -0.3 is 10.1 Å². The van der Waals surface area contributed by atoms with Crippen LogP contribution in [0.3, 0.4) is 0 Å². The zero-order valence-corrected chi connectivity index (χ0v) is 18.8. The SMILES string of the molecule is Cc1cccc(COc2ccccc2C(=O)Nc2cccc(S(=O)(=O)N3CCCC3)c2)c1. The Labute approximate surface area is 188 Å². The van der Waals surface area contributed by atoms with Crippen LogP contribution in [0, 0.1) is 6.92 Å². The van der Waals surface area contributed by atoms with E-state index in [0.29, 0.717) is 36.7 Å². The van der Waals surface area contributed by atoms with Crippen LogP contribution in [0.4, 0.5) is 5.69 Å². The molecule has 4 rings (SSSR count). The number of carbonyl (C=O) groups excluding carboxylic acids is 1. The van der Waals surface area contributed by atoms with Gasteiger partial charge in [-0.3, -0.25) is 4.79 Å². The van der Waals surface area contributed by atoms with Crippen molar-refractivity contribution in [2.24, 2.45) is 0 Å². The summed E-state index contributed by atoms with van der Waals surface area (Å²) in [6.45, 7) is 3.42. The first-order chi connectivity index (χ1) is 15.4. The number of ether oxygens (including phenoxy) is 1. The molecule has 1 heterocycles. The normalized spacial score (nSPS) is 14.3. The molecule has 0 aromatic heterocycles. The van der Waals surface area contributed by atoms with Gasteiger partial charge in [0.05, 0.1) is 10.5 Å². The third kappa shape index (κ3) is 5.00. The first kappa shape index (κ1) is 22.0. The Morgan fingerprint density at radius 3 is 2.50 bits per heavy atom. The van der Waals surface area contributed by atoms with Crippen molar-refractivity contribution in [3.05, 3.63) is 89.5 Å². The Balaban J connectivity index is 1.50. The van der Waals surface area contributed by atoms with E-state index < -0.39 is 10.0 Å². The fraction of sp³-hybridized carbons (Fsp3) is 0.240. The summed E-state index contributed by atoms with van der Waals surface area (Å²) in [5, 5.41) is 2.81. The van der Waals surface area contributed by atoms with Crippen molar-refractivity contribution in [2.75, 3.05) is 18.4 Å². The van der Waals surface area contributed by atoms with Crippen LogP contribution in [-0.4, -0.2) is 31.7 Å². The zero-order valence-electron chi connectivity index (χ0n) is 18.0. The van der Waals surface area contributed by atoms with Crippen molar-refractivity contribution in [3.63, 3.8) is 0 Å². The molecular weight excluding hydrogens is 424 g/mol. The number of amides is 1. The molecule has 166 valence electrons. The second kappa shape index (κ2) is 9.54. The minimum absolute atomic E-state index is 0.182. The lowest BCUT2D eigenvalue weighted by atomic mass is 10.1. The average molecular weight is 451 g/mol. The van der Waals surface area contributed by atoms with E-state index in [-0.39, 0.29) is 10.8 Å². The molecule has 0 atom stereocenters. The molecule has 6 nitrogen and oxygen atoms in total. The Kier molecular flexibility index (Phi) is 6.58. The lowest BCUT2D eigenvalue weighted by molar-refractivity contribution is 0.102. The van der Waals surface area contributed by atoms with Crippen LogP contribution < -0.4 is 10.1 Å². The third-order valence-corrected chi connectivity index (χ3v) is 7.30. The van der Waals surface area contributed by atoms with Crippen molar-refractivity contribution in [1.29, 1.82) is 0 Å². The fourth-order valence-corrected chi connectivity index (χ4v) is 5.32. The molecule has 0 aliphatic carbocycles. The van der Waals surface area contributed by atoms with Gasteiger partial charge in [0.2, 0.25) is 10.0 Å². The number of carbonyl (C=O) groups is 1. The number of rotatable bonds is 7. The van der Waals surface area contributed by atoms with Gasteiger partial charge in [-0.2, -0.15) is 4.31 Å². The van der Waals surface area contributed by atoms with E-state index in [1.54, 1.807) is 36.4 Å². The number of nitrogens with one attached hydrogen (secondary N) is 1. The summed E-state index contributed by atoms with van der Waals surface area (Å²) < 4.78 is 33.1. The maximum absolute atomic E-state index is 13.0. The zero-order chi connectivity index (χ0) is 22.6. The predicted octanol–water partition coefficient (Wildman–Crippen LogP) is 4.61. The number of anilines is 1. The van der Waals surface area contributed by atoms with E-state index in [1.807, 2.05) is 37.3 Å².